The van der Waals surface area contributed by atoms with Crippen molar-refractivity contribution < 1.29 is 5.11 Å². The van der Waals surface area contributed by atoms with Crippen molar-refractivity contribution >= 4 is 5.69 Å². The van der Waals surface area contributed by atoms with E-state index in [4.69, 9.17) is 5.11 Å². The van der Waals surface area contributed by atoms with Crippen LogP contribution < -0.4 is 10.2 Å². The fourth-order valence-corrected chi connectivity index (χ4v) is 2.26. The van der Waals surface area contributed by atoms with Gasteiger partial charge >= 0.3 is 0 Å². The Morgan fingerprint density at radius 3 is 2.58 bits per heavy atom. The van der Waals surface area contributed by atoms with Gasteiger partial charge in [-0.3, -0.25) is 0 Å². The fraction of sp³-hybridized carbons (Fsp3) is 0.625. The standard InChI is InChI=1S/C16H28N2O/c1-5-18(8-9-19)16-7-6-15(10-14(16)4)12-17-11-13(2)3/h6-7,10,13,17,19H,5,8-9,11-12H2,1-4H3. The Hall–Kier alpha value is -1.06. The summed E-state index contributed by atoms with van der Waals surface area (Å²) in [6.45, 7) is 12.5. The zero-order chi connectivity index (χ0) is 14.3. The molecule has 0 radical (unpaired) electrons. The topological polar surface area (TPSA) is 35.5 Å². The van der Waals surface area contributed by atoms with E-state index in [0.29, 0.717) is 12.5 Å². The van der Waals surface area contributed by atoms with Gasteiger partial charge in [0.05, 0.1) is 6.61 Å². The highest BCUT2D eigenvalue weighted by atomic mass is 16.3. The third-order valence-electron chi connectivity index (χ3n) is 3.24. The molecule has 0 saturated carbocycles. The third-order valence-corrected chi connectivity index (χ3v) is 3.24. The molecule has 3 heteroatoms. The number of aliphatic hydroxyl groups excluding tert-OH is 1. The molecule has 0 heterocycles. The van der Waals surface area contributed by atoms with Gasteiger partial charge in [0.1, 0.15) is 0 Å². The van der Waals surface area contributed by atoms with E-state index in [1.165, 1.54) is 16.8 Å². The summed E-state index contributed by atoms with van der Waals surface area (Å²) in [5.74, 6) is 0.681. The van der Waals surface area contributed by atoms with Crippen molar-refractivity contribution in [3.63, 3.8) is 0 Å². The van der Waals surface area contributed by atoms with Crippen LogP contribution in [0.5, 0.6) is 0 Å². The molecule has 3 nitrogen and oxygen atoms in total. The Balaban J connectivity index is 2.68. The molecule has 0 fully saturated rings. The molecule has 0 atom stereocenters. The number of aryl methyl sites for hydroxylation is 1. The van der Waals surface area contributed by atoms with Crippen molar-refractivity contribution in [2.45, 2.75) is 34.2 Å². The van der Waals surface area contributed by atoms with Crippen LogP contribution in [0.1, 0.15) is 31.9 Å². The summed E-state index contributed by atoms with van der Waals surface area (Å²) < 4.78 is 0. The number of hydrogen-bond acceptors (Lipinski definition) is 3. The lowest BCUT2D eigenvalue weighted by molar-refractivity contribution is 0.302. The van der Waals surface area contributed by atoms with Gasteiger partial charge in [0, 0.05) is 25.3 Å². The number of hydrogen-bond donors (Lipinski definition) is 2. The molecule has 1 rings (SSSR count). The van der Waals surface area contributed by atoms with E-state index < -0.39 is 0 Å². The summed E-state index contributed by atoms with van der Waals surface area (Å²) in [6.07, 6.45) is 0. The largest absolute Gasteiger partial charge is 0.395 e. The fourth-order valence-electron chi connectivity index (χ4n) is 2.26. The lowest BCUT2D eigenvalue weighted by Crippen LogP contribution is -2.27. The quantitative estimate of drug-likeness (QED) is 0.757. The molecule has 1 aromatic rings. The molecule has 0 amide bonds. The lowest BCUT2D eigenvalue weighted by atomic mass is 10.1. The number of aliphatic hydroxyl groups is 1. The molecule has 1 aromatic carbocycles. The minimum absolute atomic E-state index is 0.199. The number of benzene rings is 1. The van der Waals surface area contributed by atoms with Crippen molar-refractivity contribution in [3.8, 4) is 0 Å². The molecule has 0 aliphatic rings. The Morgan fingerprint density at radius 2 is 2.05 bits per heavy atom. The van der Waals surface area contributed by atoms with Gasteiger partial charge in [0.2, 0.25) is 0 Å². The van der Waals surface area contributed by atoms with Gasteiger partial charge in [-0.25, -0.2) is 0 Å². The molecular weight excluding hydrogens is 236 g/mol. The van der Waals surface area contributed by atoms with Gasteiger partial charge in [-0.05, 0) is 43.5 Å². The van der Waals surface area contributed by atoms with Crippen LogP contribution in [-0.2, 0) is 6.54 Å². The number of anilines is 1. The highest BCUT2D eigenvalue weighted by Gasteiger charge is 2.07. The molecule has 108 valence electrons. The zero-order valence-corrected chi connectivity index (χ0v) is 12.7. The monoisotopic (exact) mass is 264 g/mol. The molecule has 0 unspecified atom stereocenters. The van der Waals surface area contributed by atoms with Crippen LogP contribution in [0, 0.1) is 12.8 Å². The van der Waals surface area contributed by atoms with Crippen LogP contribution in [0.3, 0.4) is 0 Å². The van der Waals surface area contributed by atoms with Crippen molar-refractivity contribution in [1.82, 2.24) is 5.32 Å². The maximum atomic E-state index is 9.09. The van der Waals surface area contributed by atoms with Crippen LogP contribution in [0.25, 0.3) is 0 Å². The summed E-state index contributed by atoms with van der Waals surface area (Å²) in [7, 11) is 0. The Morgan fingerprint density at radius 1 is 1.32 bits per heavy atom. The predicted molar refractivity (Wildman–Crippen MR) is 82.7 cm³/mol. The van der Waals surface area contributed by atoms with E-state index in [1.54, 1.807) is 0 Å². The molecule has 19 heavy (non-hydrogen) atoms. The summed E-state index contributed by atoms with van der Waals surface area (Å²) in [4.78, 5) is 2.21. The van der Waals surface area contributed by atoms with Gasteiger partial charge in [-0.15, -0.1) is 0 Å². The van der Waals surface area contributed by atoms with Crippen LogP contribution >= 0.6 is 0 Å². The number of rotatable bonds is 8. The summed E-state index contributed by atoms with van der Waals surface area (Å²) >= 11 is 0. The van der Waals surface area contributed by atoms with Crippen molar-refractivity contribution in [3.05, 3.63) is 29.3 Å². The van der Waals surface area contributed by atoms with Crippen LogP contribution in [-0.4, -0.2) is 31.3 Å². The second kappa shape index (κ2) is 8.18. The molecule has 0 aromatic heterocycles. The SMILES string of the molecule is CCN(CCO)c1ccc(CNCC(C)C)cc1C. The molecule has 0 aliphatic carbocycles. The second-order valence-electron chi connectivity index (χ2n) is 5.45. The van der Waals surface area contributed by atoms with E-state index in [9.17, 15) is 0 Å². The first-order valence-corrected chi connectivity index (χ1v) is 7.24. The Bertz CT molecular complexity index is 377. The third kappa shape index (κ3) is 5.21. The normalized spacial score (nSPS) is 11.1. The second-order valence-corrected chi connectivity index (χ2v) is 5.45. The average molecular weight is 264 g/mol. The van der Waals surface area contributed by atoms with Crippen molar-refractivity contribution in [2.24, 2.45) is 5.92 Å². The maximum Gasteiger partial charge on any atom is 0.0606 e. The minimum Gasteiger partial charge on any atom is -0.395 e. The first-order valence-electron chi connectivity index (χ1n) is 7.24. The minimum atomic E-state index is 0.199. The Labute approximate surface area is 117 Å². The highest BCUT2D eigenvalue weighted by molar-refractivity contribution is 5.54. The van der Waals surface area contributed by atoms with E-state index in [-0.39, 0.29) is 6.61 Å². The van der Waals surface area contributed by atoms with Gasteiger partial charge in [0.25, 0.3) is 0 Å². The molecule has 0 bridgehead atoms. The highest BCUT2D eigenvalue weighted by Crippen LogP contribution is 2.21. The average Bonchev–Trinajstić information content (AvgIpc) is 2.36. The lowest BCUT2D eigenvalue weighted by Gasteiger charge is -2.24. The molecule has 0 aliphatic heterocycles. The number of likely N-dealkylation sites (N-methyl/N-ethyl adjacent to an activating group) is 1. The van der Waals surface area contributed by atoms with Gasteiger partial charge < -0.3 is 15.3 Å². The van der Waals surface area contributed by atoms with Gasteiger partial charge in [0.15, 0.2) is 0 Å². The summed E-state index contributed by atoms with van der Waals surface area (Å²) in [5, 5.41) is 12.6. The molecule has 0 saturated heterocycles. The van der Waals surface area contributed by atoms with Crippen molar-refractivity contribution in [2.75, 3.05) is 31.1 Å². The zero-order valence-electron chi connectivity index (χ0n) is 12.7. The van der Waals surface area contributed by atoms with E-state index in [1.807, 2.05) is 0 Å². The smallest absolute Gasteiger partial charge is 0.0606 e. The van der Waals surface area contributed by atoms with Gasteiger partial charge in [-0.1, -0.05) is 26.0 Å². The molecule has 0 spiro atoms. The first-order chi connectivity index (χ1) is 9.08. The van der Waals surface area contributed by atoms with E-state index in [0.717, 1.165) is 19.6 Å². The van der Waals surface area contributed by atoms with Crippen LogP contribution in [0.2, 0.25) is 0 Å². The van der Waals surface area contributed by atoms with Crippen LogP contribution in [0.15, 0.2) is 18.2 Å². The summed E-state index contributed by atoms with van der Waals surface area (Å²) in [5.41, 5.74) is 3.82. The predicted octanol–water partition coefficient (Wildman–Crippen LogP) is 2.56. The number of nitrogens with one attached hydrogen (secondary N) is 1. The van der Waals surface area contributed by atoms with Crippen LogP contribution in [0.4, 0.5) is 5.69 Å². The maximum absolute atomic E-state index is 9.09. The molecular formula is C16H28N2O. The Kier molecular flexibility index (Phi) is 6.89. The summed E-state index contributed by atoms with van der Waals surface area (Å²) in [6, 6.07) is 6.58. The van der Waals surface area contributed by atoms with Gasteiger partial charge in [-0.2, -0.15) is 0 Å². The molecule has 2 N–H and O–H groups in total. The number of nitrogens with zero attached hydrogens (tertiary/aromatic N) is 1. The van der Waals surface area contributed by atoms with Crippen molar-refractivity contribution in [1.29, 1.82) is 0 Å². The van der Waals surface area contributed by atoms with E-state index >= 15 is 0 Å². The van der Waals surface area contributed by atoms with E-state index in [2.05, 4.69) is 56.1 Å². The first kappa shape index (κ1) is 16.0.